The number of aromatic nitrogens is 2. The Bertz CT molecular complexity index is 1800. The average molecular weight is 625 g/mol. The number of ketones is 1. The topological polar surface area (TPSA) is 106 Å². The molecule has 1 unspecified atom stereocenters. The Hall–Kier alpha value is -3.83. The van der Waals surface area contributed by atoms with Gasteiger partial charge >= 0.3 is 0 Å². The second-order valence-electron chi connectivity index (χ2n) is 8.97. The summed E-state index contributed by atoms with van der Waals surface area (Å²) >= 11 is 14.9. The minimum atomic E-state index is -0.981. The largest absolute Gasteiger partial charge is 0.503 e. The average Bonchev–Trinajstić information content (AvgIpc) is 3.69. The van der Waals surface area contributed by atoms with E-state index >= 15 is 0 Å². The highest BCUT2D eigenvalue weighted by molar-refractivity contribution is 8.00. The van der Waals surface area contributed by atoms with Gasteiger partial charge in [-0.25, -0.2) is 0 Å². The van der Waals surface area contributed by atoms with Crippen LogP contribution in [-0.2, 0) is 10.5 Å². The minimum absolute atomic E-state index is 0.00858. The van der Waals surface area contributed by atoms with Crippen LogP contribution in [0.4, 0.5) is 5.13 Å². The van der Waals surface area contributed by atoms with Crippen molar-refractivity contribution in [2.45, 2.75) is 16.1 Å². The molecule has 206 valence electrons. The van der Waals surface area contributed by atoms with Crippen LogP contribution in [0.5, 0.6) is 5.75 Å². The molecule has 0 spiro atoms. The van der Waals surface area contributed by atoms with Crippen LogP contribution in [0.3, 0.4) is 0 Å². The number of carbonyl (C=O) groups excluding carboxylic acids is 2. The molecule has 3 heterocycles. The number of carbonyl (C=O) groups is 2. The number of furan rings is 1. The molecule has 1 N–H and O–H groups in total. The third-order valence-electron chi connectivity index (χ3n) is 6.50. The number of amides is 1. The summed E-state index contributed by atoms with van der Waals surface area (Å²) in [5.74, 6) is -0.938. The lowest BCUT2D eigenvalue weighted by atomic mass is 9.95. The number of fused-ring (bicyclic) bond motifs is 1. The number of aliphatic hydroxyl groups excluding tert-OH is 1. The lowest BCUT2D eigenvalue weighted by Gasteiger charge is -2.24. The first-order valence-corrected chi connectivity index (χ1v) is 14.7. The second-order valence-corrected chi connectivity index (χ2v) is 12.0. The number of benzene rings is 3. The molecule has 1 aliphatic heterocycles. The molecule has 0 fully saturated rings. The molecule has 0 radical (unpaired) electrons. The normalized spacial score (nSPS) is 15.2. The smallest absolute Gasteiger partial charge is 0.296 e. The van der Waals surface area contributed by atoms with Gasteiger partial charge in [-0.2, -0.15) is 0 Å². The quantitative estimate of drug-likeness (QED) is 0.107. The molecule has 12 heteroatoms. The molecule has 0 saturated carbocycles. The van der Waals surface area contributed by atoms with Gasteiger partial charge < -0.3 is 14.3 Å². The van der Waals surface area contributed by atoms with Gasteiger partial charge in [-0.3, -0.25) is 14.5 Å². The maximum atomic E-state index is 13.8. The molecule has 3 aromatic carbocycles. The van der Waals surface area contributed by atoms with Gasteiger partial charge in [0.05, 0.1) is 18.7 Å². The van der Waals surface area contributed by atoms with E-state index in [-0.39, 0.29) is 16.5 Å². The number of halogens is 2. The Balaban J connectivity index is 1.35. The van der Waals surface area contributed by atoms with E-state index in [0.717, 1.165) is 22.3 Å². The first kappa shape index (κ1) is 27.3. The van der Waals surface area contributed by atoms with Crippen LogP contribution in [0.15, 0.2) is 92.9 Å². The van der Waals surface area contributed by atoms with Crippen LogP contribution in [0.1, 0.15) is 27.7 Å². The molecule has 41 heavy (non-hydrogen) atoms. The number of rotatable bonds is 8. The predicted molar refractivity (Wildman–Crippen MR) is 159 cm³/mol. The molecular formula is C29H19Cl2N3O5S2. The Morgan fingerprint density at radius 1 is 1.10 bits per heavy atom. The molecule has 8 nitrogen and oxygen atoms in total. The van der Waals surface area contributed by atoms with E-state index in [4.69, 9.17) is 32.4 Å². The van der Waals surface area contributed by atoms with Crippen molar-refractivity contribution >= 4 is 74.1 Å². The first-order chi connectivity index (χ1) is 19.8. The van der Waals surface area contributed by atoms with Crippen LogP contribution in [-0.4, -0.2) is 34.1 Å². The van der Waals surface area contributed by atoms with Gasteiger partial charge in [-0.05, 0) is 47.5 Å². The van der Waals surface area contributed by atoms with Crippen molar-refractivity contribution in [2.24, 2.45) is 0 Å². The van der Waals surface area contributed by atoms with Gasteiger partial charge in [0, 0.05) is 21.2 Å². The fourth-order valence-corrected chi connectivity index (χ4v) is 6.93. The molecular weight excluding hydrogens is 605 g/mol. The summed E-state index contributed by atoms with van der Waals surface area (Å²) in [5, 5.41) is 21.6. The molecule has 1 amide bonds. The van der Waals surface area contributed by atoms with Gasteiger partial charge in [0.25, 0.3) is 5.91 Å². The van der Waals surface area contributed by atoms with Crippen LogP contribution < -0.4 is 9.64 Å². The van der Waals surface area contributed by atoms with Crippen LogP contribution in [0.2, 0.25) is 10.0 Å². The molecule has 0 saturated heterocycles. The summed E-state index contributed by atoms with van der Waals surface area (Å²) in [6.45, 7) is 0. The zero-order valence-electron chi connectivity index (χ0n) is 21.2. The molecule has 5 aromatic rings. The maximum absolute atomic E-state index is 13.8. The number of thioether (sulfide) groups is 1. The van der Waals surface area contributed by atoms with Crippen molar-refractivity contribution in [1.29, 1.82) is 0 Å². The molecule has 2 aromatic heterocycles. The van der Waals surface area contributed by atoms with Crippen LogP contribution in [0.25, 0.3) is 11.0 Å². The third kappa shape index (κ3) is 5.19. The zero-order valence-corrected chi connectivity index (χ0v) is 24.4. The fourth-order valence-electron chi connectivity index (χ4n) is 4.50. The molecule has 1 atom stereocenters. The predicted octanol–water partition coefficient (Wildman–Crippen LogP) is 7.67. The first-order valence-electron chi connectivity index (χ1n) is 12.2. The van der Waals surface area contributed by atoms with E-state index in [2.05, 4.69) is 10.2 Å². The number of hydrogen-bond acceptors (Lipinski definition) is 9. The highest BCUT2D eigenvalue weighted by Gasteiger charge is 2.46. The summed E-state index contributed by atoms with van der Waals surface area (Å²) in [6, 6.07) is 19.9. The number of hydrogen-bond donors (Lipinski definition) is 1. The summed E-state index contributed by atoms with van der Waals surface area (Å²) in [6.07, 6.45) is 0. The summed E-state index contributed by atoms with van der Waals surface area (Å²) < 4.78 is 11.6. The van der Waals surface area contributed by atoms with Crippen molar-refractivity contribution in [3.63, 3.8) is 0 Å². The van der Waals surface area contributed by atoms with Crippen molar-refractivity contribution < 1.29 is 23.8 Å². The zero-order chi connectivity index (χ0) is 28.7. The van der Waals surface area contributed by atoms with E-state index < -0.39 is 23.5 Å². The van der Waals surface area contributed by atoms with Gasteiger partial charge in [0.1, 0.15) is 11.3 Å². The van der Waals surface area contributed by atoms with E-state index in [1.54, 1.807) is 61.7 Å². The number of para-hydroxylation sites is 1. The van der Waals surface area contributed by atoms with E-state index in [0.29, 0.717) is 37.0 Å². The Morgan fingerprint density at radius 3 is 2.61 bits per heavy atom. The van der Waals surface area contributed by atoms with Crippen LogP contribution in [0, 0.1) is 0 Å². The number of ether oxygens (including phenoxy) is 1. The molecule has 6 rings (SSSR count). The summed E-state index contributed by atoms with van der Waals surface area (Å²) in [7, 11) is 1.54. The Labute approximate surface area is 252 Å². The molecule has 0 aliphatic carbocycles. The minimum Gasteiger partial charge on any atom is -0.503 e. The van der Waals surface area contributed by atoms with Crippen molar-refractivity contribution in [3.8, 4) is 5.75 Å². The van der Waals surface area contributed by atoms with E-state index in [1.807, 2.05) is 18.2 Å². The van der Waals surface area contributed by atoms with E-state index in [9.17, 15) is 14.7 Å². The highest BCUT2D eigenvalue weighted by Crippen LogP contribution is 2.44. The second kappa shape index (κ2) is 11.2. The fraction of sp³-hybridized carbons (Fsp3) is 0.103. The molecule has 0 bridgehead atoms. The van der Waals surface area contributed by atoms with Gasteiger partial charge in [-0.1, -0.05) is 82.7 Å². The highest BCUT2D eigenvalue weighted by atomic mass is 35.5. The van der Waals surface area contributed by atoms with Gasteiger partial charge in [0.15, 0.2) is 15.9 Å². The third-order valence-corrected chi connectivity index (χ3v) is 9.19. The lowest BCUT2D eigenvalue weighted by Crippen LogP contribution is -2.31. The number of Topliss-reactive ketones (excluding diaryl/α,β-unsaturated/α-hetero) is 1. The monoisotopic (exact) mass is 623 g/mol. The number of anilines is 1. The Kier molecular flexibility index (Phi) is 7.48. The Morgan fingerprint density at radius 2 is 1.88 bits per heavy atom. The number of aliphatic hydroxyl groups is 1. The van der Waals surface area contributed by atoms with E-state index in [1.165, 1.54) is 16.7 Å². The standard InChI is InChI=1S/C29H19Cl2N3O5S2/c1-38-19-10-7-15(8-11-19)24-23(25(35)22-12-16-4-2-3-5-21(16)39-22)26(36)27(37)34(24)28-32-33-29(41-28)40-14-17-6-9-18(30)13-20(17)31/h2-13,24,36H,14H2,1H3. The van der Waals surface area contributed by atoms with Crippen LogP contribution >= 0.6 is 46.3 Å². The van der Waals surface area contributed by atoms with Crippen molar-refractivity contribution in [2.75, 3.05) is 12.0 Å². The number of nitrogens with zero attached hydrogens (tertiary/aromatic N) is 3. The molecule has 1 aliphatic rings. The van der Waals surface area contributed by atoms with Gasteiger partial charge in [-0.15, -0.1) is 10.2 Å². The SMILES string of the molecule is COc1ccc(C2C(C(=O)c3cc4ccccc4o3)=C(O)C(=O)N2c2nnc(SCc3ccc(Cl)cc3Cl)s2)cc1. The maximum Gasteiger partial charge on any atom is 0.296 e. The summed E-state index contributed by atoms with van der Waals surface area (Å²) in [5.41, 5.74) is 1.84. The van der Waals surface area contributed by atoms with Gasteiger partial charge in [0.2, 0.25) is 10.9 Å². The number of methoxy groups -OCH3 is 1. The van der Waals surface area contributed by atoms with Crippen molar-refractivity contribution in [3.05, 3.63) is 111 Å². The summed E-state index contributed by atoms with van der Waals surface area (Å²) in [4.78, 5) is 28.6. The lowest BCUT2D eigenvalue weighted by molar-refractivity contribution is -0.117. The van der Waals surface area contributed by atoms with Crippen molar-refractivity contribution in [1.82, 2.24) is 10.2 Å².